The zero-order valence-corrected chi connectivity index (χ0v) is 15.8. The van der Waals surface area contributed by atoms with Crippen LogP contribution in [-0.2, 0) is 14.8 Å². The molecule has 0 aromatic heterocycles. The molecule has 1 heterocycles. The molecule has 1 N–H and O–H groups in total. The van der Waals surface area contributed by atoms with E-state index < -0.39 is 27.8 Å². The molecule has 0 radical (unpaired) electrons. The number of benzene rings is 2. The van der Waals surface area contributed by atoms with Crippen LogP contribution >= 0.6 is 11.6 Å². The van der Waals surface area contributed by atoms with Gasteiger partial charge >= 0.3 is 0 Å². The Bertz CT molecular complexity index is 1000. The second-order valence-corrected chi connectivity index (χ2v) is 8.54. The fraction of sp³-hybridized carbons (Fsp3) is 0.222. The second kappa shape index (κ2) is 6.74. The van der Waals surface area contributed by atoms with Crippen molar-refractivity contribution in [3.63, 3.8) is 0 Å². The van der Waals surface area contributed by atoms with Crippen LogP contribution in [0.5, 0.6) is 0 Å². The van der Waals surface area contributed by atoms with Gasteiger partial charge in [-0.2, -0.15) is 0 Å². The van der Waals surface area contributed by atoms with Crippen molar-refractivity contribution in [1.29, 1.82) is 0 Å². The van der Waals surface area contributed by atoms with E-state index in [1.807, 2.05) is 6.92 Å². The summed E-state index contributed by atoms with van der Waals surface area (Å²) in [6.07, 6.45) is 0. The number of carbonyl (C=O) groups excluding carboxylic acids is 2. The Kier molecular flexibility index (Phi) is 4.77. The van der Waals surface area contributed by atoms with Crippen molar-refractivity contribution in [1.82, 2.24) is 0 Å². The molecule has 0 saturated carbocycles. The van der Waals surface area contributed by atoms with E-state index in [0.29, 0.717) is 10.7 Å². The van der Waals surface area contributed by atoms with Crippen LogP contribution in [0.1, 0.15) is 22.8 Å². The summed E-state index contributed by atoms with van der Waals surface area (Å²) in [6, 6.07) is 11.1. The van der Waals surface area contributed by atoms with Crippen LogP contribution in [0.25, 0.3) is 0 Å². The minimum absolute atomic E-state index is 0.167. The van der Waals surface area contributed by atoms with Gasteiger partial charge in [0.2, 0.25) is 15.9 Å². The van der Waals surface area contributed by atoms with E-state index in [2.05, 4.69) is 5.32 Å². The second-order valence-electron chi connectivity index (χ2n) is 6.25. The highest BCUT2D eigenvalue weighted by Gasteiger charge is 2.42. The number of sulfonamides is 1. The fourth-order valence-corrected chi connectivity index (χ4v) is 4.86. The quantitative estimate of drug-likeness (QED) is 0.869. The van der Waals surface area contributed by atoms with Crippen LogP contribution in [0.4, 0.5) is 11.4 Å². The molecule has 2 aromatic carbocycles. The Morgan fingerprint density at radius 1 is 1.23 bits per heavy atom. The summed E-state index contributed by atoms with van der Waals surface area (Å²) in [5, 5.41) is 3.33. The summed E-state index contributed by atoms with van der Waals surface area (Å²) < 4.78 is 25.2. The van der Waals surface area contributed by atoms with E-state index in [0.717, 1.165) is 9.87 Å². The zero-order chi connectivity index (χ0) is 19.1. The van der Waals surface area contributed by atoms with E-state index in [4.69, 9.17) is 11.6 Å². The smallest absolute Gasteiger partial charge is 0.255 e. The van der Waals surface area contributed by atoms with Crippen LogP contribution < -0.4 is 9.62 Å². The standard InChI is InChI=1S/C18H17ClN2O4S/c1-11-8-14(19)6-7-16(11)20-17(22)13-4-3-5-15(9-13)21-18(23)12(2)10-26(21,24)25/h3-9,12H,10H2,1-2H3,(H,20,22). The SMILES string of the molecule is Cc1cc(Cl)ccc1NC(=O)c1cccc(N2C(=O)C(C)CS2(=O)=O)c1. The molecular weight excluding hydrogens is 376 g/mol. The lowest BCUT2D eigenvalue weighted by molar-refractivity contribution is -0.119. The van der Waals surface area contributed by atoms with Crippen LogP contribution in [0, 0.1) is 12.8 Å². The predicted molar refractivity (Wildman–Crippen MR) is 101 cm³/mol. The first kappa shape index (κ1) is 18.4. The van der Waals surface area contributed by atoms with Crippen molar-refractivity contribution in [3.05, 3.63) is 58.6 Å². The largest absolute Gasteiger partial charge is 0.322 e. The molecule has 1 atom stereocenters. The lowest BCUT2D eigenvalue weighted by atomic mass is 10.1. The van der Waals surface area contributed by atoms with Crippen molar-refractivity contribution in [2.24, 2.45) is 5.92 Å². The van der Waals surface area contributed by atoms with Gasteiger partial charge in [0.1, 0.15) is 0 Å². The van der Waals surface area contributed by atoms with Gasteiger partial charge in [-0.3, -0.25) is 9.59 Å². The minimum Gasteiger partial charge on any atom is -0.322 e. The Hall–Kier alpha value is -2.38. The van der Waals surface area contributed by atoms with Gasteiger partial charge in [-0.25, -0.2) is 12.7 Å². The lowest BCUT2D eigenvalue weighted by Crippen LogP contribution is -2.30. The maximum Gasteiger partial charge on any atom is 0.255 e. The van der Waals surface area contributed by atoms with Gasteiger partial charge in [0.15, 0.2) is 0 Å². The Morgan fingerprint density at radius 3 is 2.58 bits per heavy atom. The molecule has 26 heavy (non-hydrogen) atoms. The average Bonchev–Trinajstić information content (AvgIpc) is 2.77. The van der Waals surface area contributed by atoms with Gasteiger partial charge in [-0.1, -0.05) is 24.6 Å². The number of aryl methyl sites for hydroxylation is 1. The number of anilines is 2. The van der Waals surface area contributed by atoms with Crippen LogP contribution in [0.3, 0.4) is 0 Å². The first-order valence-corrected chi connectivity index (χ1v) is 9.92. The van der Waals surface area contributed by atoms with Crippen molar-refractivity contribution in [2.45, 2.75) is 13.8 Å². The third-order valence-corrected chi connectivity index (χ3v) is 6.24. The lowest BCUT2D eigenvalue weighted by Gasteiger charge is -2.16. The van der Waals surface area contributed by atoms with Gasteiger partial charge in [0, 0.05) is 16.3 Å². The summed E-state index contributed by atoms with van der Waals surface area (Å²) in [7, 11) is -3.71. The molecule has 136 valence electrons. The maximum absolute atomic E-state index is 12.5. The summed E-state index contributed by atoms with van der Waals surface area (Å²) in [5.74, 6) is -1.73. The Morgan fingerprint density at radius 2 is 1.96 bits per heavy atom. The number of rotatable bonds is 3. The first-order chi connectivity index (χ1) is 12.2. The zero-order valence-electron chi connectivity index (χ0n) is 14.2. The van der Waals surface area contributed by atoms with Crippen molar-refractivity contribution in [3.8, 4) is 0 Å². The monoisotopic (exact) mass is 392 g/mol. The van der Waals surface area contributed by atoms with Gasteiger partial charge in [0.25, 0.3) is 5.91 Å². The number of hydrogen-bond acceptors (Lipinski definition) is 4. The van der Waals surface area contributed by atoms with E-state index in [1.165, 1.54) is 12.1 Å². The Labute approximate surface area is 156 Å². The molecule has 6 nitrogen and oxygen atoms in total. The maximum atomic E-state index is 12.5. The number of nitrogens with one attached hydrogen (secondary N) is 1. The molecule has 1 unspecified atom stereocenters. The van der Waals surface area contributed by atoms with Crippen molar-refractivity contribution >= 4 is 44.8 Å². The molecule has 3 rings (SSSR count). The van der Waals surface area contributed by atoms with Crippen LogP contribution in [0.15, 0.2) is 42.5 Å². The topological polar surface area (TPSA) is 83.6 Å². The summed E-state index contributed by atoms with van der Waals surface area (Å²) in [6.45, 7) is 3.38. The van der Waals surface area contributed by atoms with Gasteiger partial charge in [0.05, 0.1) is 17.4 Å². The first-order valence-electron chi connectivity index (χ1n) is 7.93. The van der Waals surface area contributed by atoms with E-state index in [-0.39, 0.29) is 17.0 Å². The third kappa shape index (κ3) is 3.45. The average molecular weight is 393 g/mol. The van der Waals surface area contributed by atoms with Crippen molar-refractivity contribution < 1.29 is 18.0 Å². The molecule has 0 aliphatic carbocycles. The van der Waals surface area contributed by atoms with Gasteiger partial charge < -0.3 is 5.32 Å². The highest BCUT2D eigenvalue weighted by atomic mass is 35.5. The van der Waals surface area contributed by atoms with Gasteiger partial charge in [-0.15, -0.1) is 0 Å². The van der Waals surface area contributed by atoms with Crippen molar-refractivity contribution in [2.75, 3.05) is 15.4 Å². The van der Waals surface area contributed by atoms with Crippen LogP contribution in [0.2, 0.25) is 5.02 Å². The summed E-state index contributed by atoms with van der Waals surface area (Å²) in [5.41, 5.74) is 1.82. The fourth-order valence-electron chi connectivity index (χ4n) is 2.82. The highest BCUT2D eigenvalue weighted by molar-refractivity contribution is 7.94. The molecule has 2 amide bonds. The van der Waals surface area contributed by atoms with E-state index >= 15 is 0 Å². The summed E-state index contributed by atoms with van der Waals surface area (Å²) in [4.78, 5) is 24.7. The molecule has 8 heteroatoms. The van der Waals surface area contributed by atoms with E-state index in [9.17, 15) is 18.0 Å². The number of halogens is 1. The minimum atomic E-state index is -3.71. The van der Waals surface area contributed by atoms with Gasteiger partial charge in [-0.05, 0) is 48.9 Å². The molecule has 0 spiro atoms. The molecule has 1 saturated heterocycles. The number of hydrogen-bond donors (Lipinski definition) is 1. The molecule has 1 aliphatic heterocycles. The molecule has 2 aromatic rings. The third-order valence-electron chi connectivity index (χ3n) is 4.14. The predicted octanol–water partition coefficient (Wildman–Crippen LogP) is 3.21. The molecular formula is C18H17ClN2O4S. The number of nitrogens with zero attached hydrogens (tertiary/aromatic N) is 1. The van der Waals surface area contributed by atoms with Crippen LogP contribution in [-0.4, -0.2) is 26.0 Å². The highest BCUT2D eigenvalue weighted by Crippen LogP contribution is 2.29. The molecule has 0 bridgehead atoms. The Balaban J connectivity index is 1.90. The molecule has 1 aliphatic rings. The normalized spacial score (nSPS) is 18.8. The van der Waals surface area contributed by atoms with E-state index in [1.54, 1.807) is 37.3 Å². The number of carbonyl (C=O) groups is 2. The molecule has 1 fully saturated rings. The summed E-state index contributed by atoms with van der Waals surface area (Å²) >= 11 is 5.91. The number of amides is 2.